The zero-order valence-electron chi connectivity index (χ0n) is 12.1. The third-order valence-electron chi connectivity index (χ3n) is 3.60. The first-order chi connectivity index (χ1) is 9.81. The molecule has 0 aromatic heterocycles. The summed E-state index contributed by atoms with van der Waals surface area (Å²) in [5, 5.41) is 0. The number of aryl methyl sites for hydroxylation is 2. The van der Waals surface area contributed by atoms with E-state index in [1.807, 2.05) is 32.0 Å². The number of hydrogen-bond acceptors (Lipinski definition) is 1. The second-order valence-electron chi connectivity index (χ2n) is 5.30. The Morgan fingerprint density at radius 1 is 0.952 bits per heavy atom. The van der Waals surface area contributed by atoms with Crippen molar-refractivity contribution in [2.45, 2.75) is 33.0 Å². The van der Waals surface area contributed by atoms with E-state index in [0.29, 0.717) is 12.0 Å². The summed E-state index contributed by atoms with van der Waals surface area (Å²) in [5.41, 5.74) is 8.77. The van der Waals surface area contributed by atoms with E-state index in [-0.39, 0.29) is 12.1 Å². The highest BCUT2D eigenvalue weighted by Gasteiger charge is 2.33. The molecule has 21 heavy (non-hydrogen) atoms. The van der Waals surface area contributed by atoms with Crippen molar-refractivity contribution in [3.63, 3.8) is 0 Å². The van der Waals surface area contributed by atoms with Crippen molar-refractivity contribution in [2.75, 3.05) is 0 Å². The van der Waals surface area contributed by atoms with Gasteiger partial charge in [0.1, 0.15) is 0 Å². The van der Waals surface area contributed by atoms with E-state index in [0.717, 1.165) is 16.7 Å². The lowest BCUT2D eigenvalue weighted by Crippen LogP contribution is -2.12. The third-order valence-corrected chi connectivity index (χ3v) is 3.60. The van der Waals surface area contributed by atoms with Crippen molar-refractivity contribution in [3.05, 3.63) is 69.8 Å². The highest BCUT2D eigenvalue weighted by Crippen LogP contribution is 2.33. The fraction of sp³-hybridized carbons (Fsp3) is 0.294. The fourth-order valence-electron chi connectivity index (χ4n) is 2.39. The molecule has 2 aromatic carbocycles. The minimum atomic E-state index is -4.37. The predicted octanol–water partition coefficient (Wildman–Crippen LogP) is 4.37. The van der Waals surface area contributed by atoms with Crippen molar-refractivity contribution < 1.29 is 13.2 Å². The molecule has 0 fully saturated rings. The topological polar surface area (TPSA) is 26.0 Å². The van der Waals surface area contributed by atoms with Gasteiger partial charge in [0.2, 0.25) is 0 Å². The molecule has 0 spiro atoms. The molecule has 0 heterocycles. The Morgan fingerprint density at radius 3 is 2.29 bits per heavy atom. The second kappa shape index (κ2) is 5.90. The van der Waals surface area contributed by atoms with E-state index >= 15 is 0 Å². The largest absolute Gasteiger partial charge is 0.416 e. The van der Waals surface area contributed by atoms with E-state index in [2.05, 4.69) is 0 Å². The molecule has 0 aliphatic carbocycles. The zero-order chi connectivity index (χ0) is 15.6. The number of benzene rings is 2. The zero-order valence-corrected chi connectivity index (χ0v) is 12.1. The molecule has 0 bridgehead atoms. The summed E-state index contributed by atoms with van der Waals surface area (Å²) in [6, 6.07) is 10.4. The van der Waals surface area contributed by atoms with Gasteiger partial charge in [0.05, 0.1) is 5.56 Å². The van der Waals surface area contributed by atoms with Gasteiger partial charge in [0.15, 0.2) is 0 Å². The van der Waals surface area contributed by atoms with Crippen LogP contribution in [0, 0.1) is 13.8 Å². The van der Waals surface area contributed by atoms with Crippen molar-refractivity contribution in [2.24, 2.45) is 5.73 Å². The van der Waals surface area contributed by atoms with Gasteiger partial charge in [0.25, 0.3) is 0 Å². The summed E-state index contributed by atoms with van der Waals surface area (Å²) in [6.07, 6.45) is -3.88. The normalized spacial score (nSPS) is 11.7. The highest BCUT2D eigenvalue weighted by molar-refractivity contribution is 5.39. The third kappa shape index (κ3) is 3.64. The van der Waals surface area contributed by atoms with Gasteiger partial charge in [0, 0.05) is 6.54 Å². The van der Waals surface area contributed by atoms with Crippen LogP contribution in [0.3, 0.4) is 0 Å². The van der Waals surface area contributed by atoms with Gasteiger partial charge in [-0.25, -0.2) is 0 Å². The summed E-state index contributed by atoms with van der Waals surface area (Å²) in [4.78, 5) is 0. The van der Waals surface area contributed by atoms with Crippen molar-refractivity contribution in [1.29, 1.82) is 0 Å². The van der Waals surface area contributed by atoms with Gasteiger partial charge in [-0.05, 0) is 48.6 Å². The minimum absolute atomic E-state index is 0.113. The molecule has 2 aromatic rings. The van der Waals surface area contributed by atoms with E-state index in [1.54, 1.807) is 6.07 Å². The van der Waals surface area contributed by atoms with Gasteiger partial charge in [-0.2, -0.15) is 13.2 Å². The maximum atomic E-state index is 13.0. The fourth-order valence-corrected chi connectivity index (χ4v) is 2.39. The Bertz CT molecular complexity index is 645. The van der Waals surface area contributed by atoms with Gasteiger partial charge in [-0.1, -0.05) is 35.9 Å². The molecular weight excluding hydrogens is 275 g/mol. The smallest absolute Gasteiger partial charge is 0.326 e. The molecule has 0 radical (unpaired) electrons. The van der Waals surface area contributed by atoms with Crippen LogP contribution in [0.5, 0.6) is 0 Å². The van der Waals surface area contributed by atoms with Crippen molar-refractivity contribution in [1.82, 2.24) is 0 Å². The number of alkyl halides is 3. The molecule has 2 rings (SSSR count). The predicted molar refractivity (Wildman–Crippen MR) is 78.1 cm³/mol. The maximum Gasteiger partial charge on any atom is 0.416 e. The lowest BCUT2D eigenvalue weighted by atomic mass is 9.95. The molecule has 0 amide bonds. The molecule has 0 aliphatic rings. The van der Waals surface area contributed by atoms with E-state index < -0.39 is 11.7 Å². The van der Waals surface area contributed by atoms with Crippen LogP contribution in [0.1, 0.15) is 33.4 Å². The van der Waals surface area contributed by atoms with Crippen LogP contribution in [-0.2, 0) is 19.1 Å². The van der Waals surface area contributed by atoms with E-state index in [1.165, 1.54) is 12.1 Å². The average molecular weight is 293 g/mol. The first-order valence-electron chi connectivity index (χ1n) is 6.76. The molecule has 0 saturated heterocycles. The van der Waals surface area contributed by atoms with Crippen molar-refractivity contribution in [3.8, 4) is 0 Å². The number of nitrogens with two attached hydrogens (primary N) is 1. The first-order valence-corrected chi connectivity index (χ1v) is 6.76. The Hall–Kier alpha value is -1.81. The van der Waals surface area contributed by atoms with Gasteiger partial charge in [-0.3, -0.25) is 0 Å². The van der Waals surface area contributed by atoms with Crippen LogP contribution < -0.4 is 5.73 Å². The summed E-state index contributed by atoms with van der Waals surface area (Å²) < 4.78 is 39.1. The molecule has 1 nitrogen and oxygen atoms in total. The monoisotopic (exact) mass is 293 g/mol. The van der Waals surface area contributed by atoms with Crippen LogP contribution in [-0.4, -0.2) is 0 Å². The molecule has 0 saturated carbocycles. The Morgan fingerprint density at radius 2 is 1.67 bits per heavy atom. The summed E-state index contributed by atoms with van der Waals surface area (Å²) in [5.74, 6) is 0. The lowest BCUT2D eigenvalue weighted by molar-refractivity contribution is -0.138. The summed E-state index contributed by atoms with van der Waals surface area (Å²) >= 11 is 0. The van der Waals surface area contributed by atoms with Gasteiger partial charge < -0.3 is 5.73 Å². The van der Waals surface area contributed by atoms with E-state index in [4.69, 9.17) is 5.73 Å². The number of rotatable bonds is 3. The molecular formula is C17H18F3N. The molecule has 4 heteroatoms. The molecule has 0 atom stereocenters. The van der Waals surface area contributed by atoms with E-state index in [9.17, 15) is 13.2 Å². The van der Waals surface area contributed by atoms with Crippen LogP contribution in [0.4, 0.5) is 13.2 Å². The molecule has 2 N–H and O–H groups in total. The lowest BCUT2D eigenvalue weighted by Gasteiger charge is -2.14. The second-order valence-corrected chi connectivity index (χ2v) is 5.30. The van der Waals surface area contributed by atoms with Crippen LogP contribution in [0.15, 0.2) is 36.4 Å². The quantitative estimate of drug-likeness (QED) is 0.893. The highest BCUT2D eigenvalue weighted by atomic mass is 19.4. The van der Waals surface area contributed by atoms with Gasteiger partial charge >= 0.3 is 6.18 Å². The SMILES string of the molecule is Cc1ccc(C)c(Cc2ccc(CN)c(C(F)(F)F)c2)c1. The van der Waals surface area contributed by atoms with Crippen molar-refractivity contribution >= 4 is 0 Å². The first kappa shape index (κ1) is 15.6. The number of halogens is 3. The molecule has 0 aliphatic heterocycles. The Kier molecular flexibility index (Phi) is 4.37. The van der Waals surface area contributed by atoms with Crippen LogP contribution in [0.25, 0.3) is 0 Å². The molecule has 112 valence electrons. The van der Waals surface area contributed by atoms with Crippen LogP contribution >= 0.6 is 0 Å². The Labute approximate surface area is 122 Å². The summed E-state index contributed by atoms with van der Waals surface area (Å²) in [6.45, 7) is 3.83. The average Bonchev–Trinajstić information content (AvgIpc) is 2.42. The minimum Gasteiger partial charge on any atom is -0.326 e. The Balaban J connectivity index is 2.39. The standard InChI is InChI=1S/C17H18F3N/c1-11-3-4-12(2)15(7-11)8-13-5-6-14(10-21)16(9-13)17(18,19)20/h3-7,9H,8,10,21H2,1-2H3. The molecule has 0 unspecified atom stereocenters. The maximum absolute atomic E-state index is 13.0. The number of hydrogen-bond donors (Lipinski definition) is 1. The van der Waals surface area contributed by atoms with Gasteiger partial charge in [-0.15, -0.1) is 0 Å². The van der Waals surface area contributed by atoms with Crippen LogP contribution in [0.2, 0.25) is 0 Å². The summed E-state index contributed by atoms with van der Waals surface area (Å²) in [7, 11) is 0.